The third kappa shape index (κ3) is 3.58. The molecule has 1 fully saturated rings. The summed E-state index contributed by atoms with van der Waals surface area (Å²) < 4.78 is 7.25. The van der Waals surface area contributed by atoms with Gasteiger partial charge in [0.25, 0.3) is 0 Å². The first kappa shape index (κ1) is 15.0. The predicted molar refractivity (Wildman–Crippen MR) is 76.2 cm³/mol. The second kappa shape index (κ2) is 7.40. The van der Waals surface area contributed by atoms with Crippen LogP contribution in [-0.2, 0) is 22.5 Å². The summed E-state index contributed by atoms with van der Waals surface area (Å²) in [5, 5.41) is 4.30. The quantitative estimate of drug-likeness (QED) is 0.812. The van der Waals surface area contributed by atoms with Crippen molar-refractivity contribution >= 4 is 5.91 Å². The Morgan fingerprint density at radius 1 is 1.50 bits per heavy atom. The molecule has 20 heavy (non-hydrogen) atoms. The predicted octanol–water partition coefficient (Wildman–Crippen LogP) is 0.269. The van der Waals surface area contributed by atoms with Gasteiger partial charge in [0, 0.05) is 44.5 Å². The van der Waals surface area contributed by atoms with Gasteiger partial charge in [0.05, 0.1) is 19.1 Å². The van der Waals surface area contributed by atoms with Gasteiger partial charge < -0.3 is 15.4 Å². The van der Waals surface area contributed by atoms with Gasteiger partial charge in [0.2, 0.25) is 5.91 Å². The molecule has 1 amide bonds. The molecule has 2 heterocycles. The van der Waals surface area contributed by atoms with Crippen molar-refractivity contribution in [3.63, 3.8) is 0 Å². The number of aromatic nitrogens is 2. The molecular formula is C14H24N4O2. The Balaban J connectivity index is 2.00. The molecule has 1 saturated heterocycles. The zero-order valence-corrected chi connectivity index (χ0v) is 12.1. The van der Waals surface area contributed by atoms with Crippen LogP contribution in [0.5, 0.6) is 0 Å². The zero-order chi connectivity index (χ0) is 14.4. The highest BCUT2D eigenvalue weighted by atomic mass is 16.5. The van der Waals surface area contributed by atoms with E-state index >= 15 is 0 Å². The third-order valence-corrected chi connectivity index (χ3v) is 3.65. The summed E-state index contributed by atoms with van der Waals surface area (Å²) in [5.74, 6) is -0.0274. The number of rotatable bonds is 6. The topological polar surface area (TPSA) is 73.4 Å². The molecule has 6 heteroatoms. The second-order valence-electron chi connectivity index (χ2n) is 5.12. The normalized spacial score (nSPS) is 17.2. The lowest BCUT2D eigenvalue weighted by Gasteiger charge is -2.30. The highest BCUT2D eigenvalue weighted by Crippen LogP contribution is 2.13. The maximum absolute atomic E-state index is 12.5. The second-order valence-corrected chi connectivity index (χ2v) is 5.12. The lowest BCUT2D eigenvalue weighted by molar-refractivity contribution is -0.139. The van der Waals surface area contributed by atoms with Gasteiger partial charge in [0.1, 0.15) is 0 Å². The van der Waals surface area contributed by atoms with E-state index in [9.17, 15) is 4.79 Å². The smallest absolute Gasteiger partial charge is 0.227 e. The number of carbonyl (C=O) groups excluding carboxylic acids is 1. The average Bonchev–Trinajstić information content (AvgIpc) is 2.92. The highest BCUT2D eigenvalue weighted by molar-refractivity contribution is 5.79. The van der Waals surface area contributed by atoms with Gasteiger partial charge in [-0.15, -0.1) is 0 Å². The number of amides is 1. The van der Waals surface area contributed by atoms with Gasteiger partial charge in [-0.3, -0.25) is 9.48 Å². The Morgan fingerprint density at radius 2 is 2.25 bits per heavy atom. The fourth-order valence-corrected chi connectivity index (χ4v) is 2.51. The maximum atomic E-state index is 12.5. The standard InChI is InChI=1S/C14H24N4O2/c1-2-5-18-13(3-4-16-18)10-12(11-15)14(19)17-6-8-20-9-7-17/h3-4,12H,2,5-11,15H2,1H3. The van der Waals surface area contributed by atoms with E-state index in [1.54, 1.807) is 6.20 Å². The number of nitrogens with two attached hydrogens (primary N) is 1. The van der Waals surface area contributed by atoms with Crippen LogP contribution in [-0.4, -0.2) is 53.4 Å². The van der Waals surface area contributed by atoms with E-state index in [1.807, 2.05) is 15.6 Å². The molecule has 1 unspecified atom stereocenters. The van der Waals surface area contributed by atoms with Gasteiger partial charge in [-0.05, 0) is 12.5 Å². The van der Waals surface area contributed by atoms with Crippen LogP contribution in [0.3, 0.4) is 0 Å². The maximum Gasteiger partial charge on any atom is 0.227 e. The molecule has 0 aliphatic carbocycles. The molecular weight excluding hydrogens is 256 g/mol. The molecule has 0 aromatic carbocycles. The lowest BCUT2D eigenvalue weighted by Crippen LogP contribution is -2.46. The molecule has 2 N–H and O–H groups in total. The van der Waals surface area contributed by atoms with Crippen LogP contribution in [0.25, 0.3) is 0 Å². The van der Waals surface area contributed by atoms with Crippen molar-refractivity contribution < 1.29 is 9.53 Å². The third-order valence-electron chi connectivity index (χ3n) is 3.65. The summed E-state index contributed by atoms with van der Waals surface area (Å²) in [5.41, 5.74) is 6.90. The van der Waals surface area contributed by atoms with E-state index in [1.165, 1.54) is 0 Å². The van der Waals surface area contributed by atoms with Gasteiger partial charge in [-0.25, -0.2) is 0 Å². The molecule has 112 valence electrons. The summed E-state index contributed by atoms with van der Waals surface area (Å²) in [7, 11) is 0. The first-order chi connectivity index (χ1) is 9.76. The first-order valence-electron chi connectivity index (χ1n) is 7.33. The van der Waals surface area contributed by atoms with Crippen LogP contribution in [0.15, 0.2) is 12.3 Å². The molecule has 1 aromatic heterocycles. The molecule has 2 rings (SSSR count). The number of aryl methyl sites for hydroxylation is 1. The van der Waals surface area contributed by atoms with Gasteiger partial charge in [-0.1, -0.05) is 6.92 Å². The van der Waals surface area contributed by atoms with Crippen molar-refractivity contribution in [1.82, 2.24) is 14.7 Å². The largest absolute Gasteiger partial charge is 0.378 e. The van der Waals surface area contributed by atoms with Crippen molar-refractivity contribution in [3.8, 4) is 0 Å². The van der Waals surface area contributed by atoms with Crippen molar-refractivity contribution in [2.45, 2.75) is 26.3 Å². The Morgan fingerprint density at radius 3 is 2.90 bits per heavy atom. The Bertz CT molecular complexity index is 427. The molecule has 1 aromatic rings. The number of ether oxygens (including phenoxy) is 1. The van der Waals surface area contributed by atoms with E-state index in [4.69, 9.17) is 10.5 Å². The van der Waals surface area contributed by atoms with E-state index in [0.29, 0.717) is 39.3 Å². The zero-order valence-electron chi connectivity index (χ0n) is 12.1. The molecule has 6 nitrogen and oxygen atoms in total. The monoisotopic (exact) mass is 280 g/mol. The molecule has 1 atom stereocenters. The van der Waals surface area contributed by atoms with Gasteiger partial charge in [-0.2, -0.15) is 5.10 Å². The number of hydrogen-bond acceptors (Lipinski definition) is 4. The Hall–Kier alpha value is -1.40. The fourth-order valence-electron chi connectivity index (χ4n) is 2.51. The Kier molecular flexibility index (Phi) is 5.55. The van der Waals surface area contributed by atoms with E-state index in [0.717, 1.165) is 18.7 Å². The van der Waals surface area contributed by atoms with Crippen molar-refractivity contribution in [2.75, 3.05) is 32.8 Å². The minimum atomic E-state index is -0.166. The van der Waals surface area contributed by atoms with Crippen molar-refractivity contribution in [1.29, 1.82) is 0 Å². The van der Waals surface area contributed by atoms with Gasteiger partial charge in [0.15, 0.2) is 0 Å². The average molecular weight is 280 g/mol. The number of morpholine rings is 1. The highest BCUT2D eigenvalue weighted by Gasteiger charge is 2.25. The van der Waals surface area contributed by atoms with Gasteiger partial charge >= 0.3 is 0 Å². The Labute approximate surface area is 119 Å². The molecule has 0 bridgehead atoms. The molecule has 0 spiro atoms. The number of hydrogen-bond donors (Lipinski definition) is 1. The van der Waals surface area contributed by atoms with Crippen LogP contribution in [0.4, 0.5) is 0 Å². The minimum absolute atomic E-state index is 0.139. The summed E-state index contributed by atoms with van der Waals surface area (Å²) >= 11 is 0. The molecule has 0 saturated carbocycles. The number of carbonyl (C=O) groups is 1. The lowest BCUT2D eigenvalue weighted by atomic mass is 10.0. The van der Waals surface area contributed by atoms with Crippen LogP contribution in [0.1, 0.15) is 19.0 Å². The van der Waals surface area contributed by atoms with Crippen LogP contribution >= 0.6 is 0 Å². The summed E-state index contributed by atoms with van der Waals surface area (Å²) in [6.45, 7) is 5.95. The minimum Gasteiger partial charge on any atom is -0.378 e. The van der Waals surface area contributed by atoms with Crippen molar-refractivity contribution in [2.24, 2.45) is 11.7 Å². The van der Waals surface area contributed by atoms with E-state index in [-0.39, 0.29) is 11.8 Å². The van der Waals surface area contributed by atoms with Crippen LogP contribution in [0.2, 0.25) is 0 Å². The molecule has 1 aliphatic rings. The molecule has 0 radical (unpaired) electrons. The first-order valence-corrected chi connectivity index (χ1v) is 7.33. The van der Waals surface area contributed by atoms with E-state index in [2.05, 4.69) is 12.0 Å². The summed E-state index contributed by atoms with van der Waals surface area (Å²) in [6.07, 6.45) is 3.48. The number of nitrogens with zero attached hydrogens (tertiary/aromatic N) is 3. The SMILES string of the molecule is CCCn1nccc1CC(CN)C(=O)N1CCOCC1. The van der Waals surface area contributed by atoms with Crippen LogP contribution < -0.4 is 5.73 Å². The van der Waals surface area contributed by atoms with E-state index < -0.39 is 0 Å². The fraction of sp³-hybridized carbons (Fsp3) is 0.714. The summed E-state index contributed by atoms with van der Waals surface area (Å²) in [6, 6.07) is 1.98. The summed E-state index contributed by atoms with van der Waals surface area (Å²) in [4.78, 5) is 14.3. The van der Waals surface area contributed by atoms with Crippen LogP contribution in [0, 0.1) is 5.92 Å². The molecule has 1 aliphatic heterocycles. The van der Waals surface area contributed by atoms with Crippen molar-refractivity contribution in [3.05, 3.63) is 18.0 Å².